The van der Waals surface area contributed by atoms with Crippen molar-refractivity contribution in [3.05, 3.63) is 52.5 Å². The number of sulfonamides is 1. The van der Waals surface area contributed by atoms with Crippen molar-refractivity contribution in [2.24, 2.45) is 0 Å². The van der Waals surface area contributed by atoms with Gasteiger partial charge >= 0.3 is 0 Å². The number of amides is 1. The highest BCUT2D eigenvalue weighted by molar-refractivity contribution is 7.92. The summed E-state index contributed by atoms with van der Waals surface area (Å²) in [5.74, 6) is -0.472. The second kappa shape index (κ2) is 9.21. The predicted octanol–water partition coefficient (Wildman–Crippen LogP) is 3.23. The van der Waals surface area contributed by atoms with Crippen LogP contribution in [0, 0.1) is 0 Å². The number of benzene rings is 2. The van der Waals surface area contributed by atoms with Gasteiger partial charge < -0.3 is 15.0 Å². The summed E-state index contributed by atoms with van der Waals surface area (Å²) in [6, 6.07) is 11.8. The Balaban J connectivity index is 1.69. The van der Waals surface area contributed by atoms with Crippen LogP contribution in [0.5, 0.6) is 0 Å². The van der Waals surface area contributed by atoms with Crippen LogP contribution in [0.2, 0.25) is 10.0 Å². The average molecular weight is 458 g/mol. The average Bonchev–Trinajstić information content (AvgIpc) is 2.69. The topological polar surface area (TPSA) is 79.0 Å². The van der Waals surface area contributed by atoms with E-state index in [1.807, 2.05) is 12.1 Å². The van der Waals surface area contributed by atoms with Crippen LogP contribution in [0.15, 0.2) is 42.5 Å². The molecule has 0 bridgehead atoms. The summed E-state index contributed by atoms with van der Waals surface area (Å²) < 4.78 is 30.7. The lowest BCUT2D eigenvalue weighted by molar-refractivity contribution is -0.114. The Hall–Kier alpha value is -2.00. The number of halogens is 2. The number of anilines is 3. The fraction of sp³-hybridized carbons (Fsp3) is 0.316. The molecule has 0 aliphatic carbocycles. The molecule has 1 aliphatic rings. The molecular formula is C19H21Cl2N3O4S. The van der Waals surface area contributed by atoms with Crippen molar-refractivity contribution >= 4 is 56.2 Å². The summed E-state index contributed by atoms with van der Waals surface area (Å²) >= 11 is 11.9. The number of ether oxygens (including phenoxy) is 1. The Labute approximate surface area is 180 Å². The van der Waals surface area contributed by atoms with E-state index in [4.69, 9.17) is 27.9 Å². The minimum atomic E-state index is -3.70. The fourth-order valence-corrected chi connectivity index (χ4v) is 4.09. The van der Waals surface area contributed by atoms with Gasteiger partial charge in [0.15, 0.2) is 0 Å². The Morgan fingerprint density at radius 3 is 2.34 bits per heavy atom. The first-order valence-corrected chi connectivity index (χ1v) is 11.5. The van der Waals surface area contributed by atoms with Gasteiger partial charge in [0.25, 0.3) is 0 Å². The zero-order chi connectivity index (χ0) is 21.0. The molecule has 0 aromatic heterocycles. The highest BCUT2D eigenvalue weighted by atomic mass is 35.5. The molecule has 1 aliphatic heterocycles. The van der Waals surface area contributed by atoms with Gasteiger partial charge in [0.2, 0.25) is 15.9 Å². The third kappa shape index (κ3) is 5.76. The second-order valence-corrected chi connectivity index (χ2v) is 9.28. The molecule has 156 valence electrons. The Bertz CT molecular complexity index is 977. The predicted molar refractivity (Wildman–Crippen MR) is 117 cm³/mol. The highest BCUT2D eigenvalue weighted by Crippen LogP contribution is 2.28. The summed E-state index contributed by atoms with van der Waals surface area (Å²) in [5, 5.41) is 3.23. The van der Waals surface area contributed by atoms with Gasteiger partial charge in [-0.25, -0.2) is 8.42 Å². The number of hydrogen-bond acceptors (Lipinski definition) is 5. The molecule has 0 unspecified atom stereocenters. The van der Waals surface area contributed by atoms with Gasteiger partial charge in [-0.3, -0.25) is 9.10 Å². The maximum Gasteiger partial charge on any atom is 0.245 e. The van der Waals surface area contributed by atoms with E-state index in [-0.39, 0.29) is 17.3 Å². The molecule has 2 aromatic rings. The summed E-state index contributed by atoms with van der Waals surface area (Å²) in [7, 11) is -3.70. The lowest BCUT2D eigenvalue weighted by Gasteiger charge is -2.29. The first-order valence-electron chi connectivity index (χ1n) is 8.89. The van der Waals surface area contributed by atoms with Crippen molar-refractivity contribution in [2.75, 3.05) is 53.6 Å². The third-order valence-corrected chi connectivity index (χ3v) is 6.29. The maximum atomic E-state index is 12.5. The van der Waals surface area contributed by atoms with Crippen molar-refractivity contribution in [1.82, 2.24) is 0 Å². The van der Waals surface area contributed by atoms with Crippen molar-refractivity contribution in [3.8, 4) is 0 Å². The van der Waals surface area contributed by atoms with Crippen LogP contribution in [0.4, 0.5) is 17.1 Å². The van der Waals surface area contributed by atoms with Gasteiger partial charge in [0, 0.05) is 24.5 Å². The van der Waals surface area contributed by atoms with Crippen LogP contribution in [-0.2, 0) is 19.6 Å². The van der Waals surface area contributed by atoms with Crippen molar-refractivity contribution < 1.29 is 17.9 Å². The molecule has 7 nitrogen and oxygen atoms in total. The molecule has 1 N–H and O–H groups in total. The monoisotopic (exact) mass is 457 g/mol. The van der Waals surface area contributed by atoms with Crippen LogP contribution in [0.25, 0.3) is 0 Å². The van der Waals surface area contributed by atoms with E-state index in [2.05, 4.69) is 10.2 Å². The van der Waals surface area contributed by atoms with E-state index in [0.717, 1.165) is 29.3 Å². The number of morpholine rings is 1. The van der Waals surface area contributed by atoms with Gasteiger partial charge in [-0.15, -0.1) is 0 Å². The number of hydrogen-bond donors (Lipinski definition) is 1. The lowest BCUT2D eigenvalue weighted by Crippen LogP contribution is -2.37. The molecule has 3 rings (SSSR count). The normalized spacial score (nSPS) is 14.5. The van der Waals surface area contributed by atoms with Gasteiger partial charge in [-0.1, -0.05) is 23.2 Å². The largest absolute Gasteiger partial charge is 0.378 e. The van der Waals surface area contributed by atoms with E-state index in [9.17, 15) is 13.2 Å². The molecule has 29 heavy (non-hydrogen) atoms. The highest BCUT2D eigenvalue weighted by Gasteiger charge is 2.22. The number of rotatable bonds is 6. The zero-order valence-corrected chi connectivity index (χ0v) is 18.1. The maximum absolute atomic E-state index is 12.5. The van der Waals surface area contributed by atoms with Crippen molar-refractivity contribution in [1.29, 1.82) is 0 Å². The molecule has 2 aromatic carbocycles. The minimum absolute atomic E-state index is 0.205. The Morgan fingerprint density at radius 1 is 1.10 bits per heavy atom. The van der Waals surface area contributed by atoms with Crippen LogP contribution < -0.4 is 14.5 Å². The molecule has 1 fully saturated rings. The van der Waals surface area contributed by atoms with Crippen LogP contribution >= 0.6 is 23.2 Å². The number of nitrogens with one attached hydrogen (secondary N) is 1. The smallest absolute Gasteiger partial charge is 0.245 e. The summed E-state index contributed by atoms with van der Waals surface area (Å²) in [6.45, 7) is 2.63. The van der Waals surface area contributed by atoms with E-state index in [0.29, 0.717) is 23.9 Å². The molecule has 10 heteroatoms. The molecular weight excluding hydrogens is 437 g/mol. The Morgan fingerprint density at radius 2 is 1.76 bits per heavy atom. The van der Waals surface area contributed by atoms with Crippen molar-refractivity contribution in [2.45, 2.75) is 0 Å². The lowest BCUT2D eigenvalue weighted by atomic mass is 10.2. The minimum Gasteiger partial charge on any atom is -0.378 e. The quantitative estimate of drug-likeness (QED) is 0.719. The van der Waals surface area contributed by atoms with Gasteiger partial charge in [-0.2, -0.15) is 0 Å². The first-order chi connectivity index (χ1) is 13.7. The van der Waals surface area contributed by atoms with E-state index >= 15 is 0 Å². The summed E-state index contributed by atoms with van der Waals surface area (Å²) in [6.07, 6.45) is 1.03. The summed E-state index contributed by atoms with van der Waals surface area (Å²) in [5.41, 5.74) is 1.88. The molecule has 0 saturated carbocycles. The molecule has 0 atom stereocenters. The number of nitrogens with zero attached hydrogens (tertiary/aromatic N) is 2. The standard InChI is InChI=1S/C19H21Cl2N3O4S/c1-29(26,27)24(16-6-7-17(20)18(21)12-16)13-19(25)22-14-2-4-15(5-3-14)23-8-10-28-11-9-23/h2-7,12H,8-11,13H2,1H3,(H,22,25). The van der Waals surface area contributed by atoms with E-state index in [1.165, 1.54) is 18.2 Å². The Kier molecular flexibility index (Phi) is 6.89. The molecule has 1 saturated heterocycles. The van der Waals surface area contributed by atoms with Gasteiger partial charge in [0.05, 0.1) is 35.2 Å². The SMILES string of the molecule is CS(=O)(=O)N(CC(=O)Nc1ccc(N2CCOCC2)cc1)c1ccc(Cl)c(Cl)c1. The van der Waals surface area contributed by atoms with E-state index in [1.54, 1.807) is 12.1 Å². The molecule has 0 radical (unpaired) electrons. The van der Waals surface area contributed by atoms with Crippen LogP contribution in [0.3, 0.4) is 0 Å². The number of carbonyl (C=O) groups excluding carboxylic acids is 1. The molecule has 1 heterocycles. The van der Waals surface area contributed by atoms with Crippen LogP contribution in [-0.4, -0.2) is 53.4 Å². The van der Waals surface area contributed by atoms with E-state index < -0.39 is 15.9 Å². The zero-order valence-electron chi connectivity index (χ0n) is 15.8. The van der Waals surface area contributed by atoms with Gasteiger partial charge in [-0.05, 0) is 42.5 Å². The summed E-state index contributed by atoms with van der Waals surface area (Å²) in [4.78, 5) is 14.7. The molecule has 0 spiro atoms. The van der Waals surface area contributed by atoms with Gasteiger partial charge in [0.1, 0.15) is 6.54 Å². The van der Waals surface area contributed by atoms with Crippen molar-refractivity contribution in [3.63, 3.8) is 0 Å². The second-order valence-electron chi connectivity index (χ2n) is 6.56. The van der Waals surface area contributed by atoms with Crippen LogP contribution in [0.1, 0.15) is 0 Å². The third-order valence-electron chi connectivity index (χ3n) is 4.41. The first kappa shape index (κ1) is 21.7. The fourth-order valence-electron chi connectivity index (χ4n) is 2.95. The number of carbonyl (C=O) groups is 1. The molecule has 1 amide bonds.